The van der Waals surface area contributed by atoms with Crippen molar-refractivity contribution in [1.29, 1.82) is 0 Å². The number of nitrogens with zero attached hydrogens (tertiary/aromatic N) is 2. The van der Waals surface area contributed by atoms with Crippen molar-refractivity contribution in [3.05, 3.63) is 47.3 Å². The Labute approximate surface area is 136 Å². The molecule has 1 aliphatic carbocycles. The number of para-hydroxylation sites is 1. The highest BCUT2D eigenvalue weighted by Crippen LogP contribution is 2.28. The Morgan fingerprint density at radius 1 is 1.22 bits per heavy atom. The highest BCUT2D eigenvalue weighted by molar-refractivity contribution is 6.04. The molecule has 0 saturated heterocycles. The van der Waals surface area contributed by atoms with Crippen molar-refractivity contribution < 1.29 is 4.79 Å². The number of anilines is 2. The van der Waals surface area contributed by atoms with Crippen LogP contribution in [0.2, 0.25) is 0 Å². The molecule has 5 heteroatoms. The van der Waals surface area contributed by atoms with Crippen LogP contribution >= 0.6 is 0 Å². The number of aryl methyl sites for hydroxylation is 1. The third-order valence-corrected chi connectivity index (χ3v) is 3.99. The molecular formula is C18H22N4O. The monoisotopic (exact) mass is 310 g/mol. The first-order valence-corrected chi connectivity index (χ1v) is 8.04. The summed E-state index contributed by atoms with van der Waals surface area (Å²) >= 11 is 0. The number of amides is 1. The van der Waals surface area contributed by atoms with Crippen LogP contribution in [0.1, 0.15) is 54.1 Å². The zero-order chi connectivity index (χ0) is 16.4. The van der Waals surface area contributed by atoms with Crippen molar-refractivity contribution >= 4 is 17.5 Å². The molecule has 1 heterocycles. The minimum atomic E-state index is -0.181. The van der Waals surface area contributed by atoms with E-state index in [2.05, 4.69) is 34.4 Å². The lowest BCUT2D eigenvalue weighted by Crippen LogP contribution is -2.16. The second kappa shape index (κ2) is 6.36. The molecule has 1 fully saturated rings. The maximum Gasteiger partial charge on any atom is 0.258 e. The van der Waals surface area contributed by atoms with Gasteiger partial charge in [-0.2, -0.15) is 0 Å². The van der Waals surface area contributed by atoms with Crippen LogP contribution in [0.25, 0.3) is 0 Å². The predicted octanol–water partition coefficient (Wildman–Crippen LogP) is 3.74. The Morgan fingerprint density at radius 3 is 2.52 bits per heavy atom. The molecule has 0 atom stereocenters. The third-order valence-electron chi connectivity index (χ3n) is 3.99. The fourth-order valence-electron chi connectivity index (χ4n) is 2.46. The second-order valence-corrected chi connectivity index (χ2v) is 6.36. The van der Waals surface area contributed by atoms with Crippen LogP contribution in [-0.4, -0.2) is 21.9 Å². The number of hydrogen-bond donors (Lipinski definition) is 2. The van der Waals surface area contributed by atoms with Gasteiger partial charge in [-0.05, 0) is 36.8 Å². The molecule has 120 valence electrons. The largest absolute Gasteiger partial charge is 0.351 e. The first kappa shape index (κ1) is 15.5. The first-order chi connectivity index (χ1) is 11.0. The maximum absolute atomic E-state index is 12.5. The normalized spacial score (nSPS) is 13.9. The van der Waals surface area contributed by atoms with Crippen molar-refractivity contribution in [2.75, 3.05) is 10.6 Å². The van der Waals surface area contributed by atoms with E-state index in [1.807, 2.05) is 25.1 Å². The van der Waals surface area contributed by atoms with Crippen LogP contribution in [0.4, 0.5) is 11.6 Å². The standard InChI is InChI=1S/C18H22N4O/c1-11(2)15-6-4-5-12(3)16(15)22-17(23)13-9-19-18(20-10-13)21-14-7-8-14/h4-6,9-11,14H,7-8H2,1-3H3,(H,22,23)(H,19,20,21). The lowest BCUT2D eigenvalue weighted by Gasteiger charge is -2.16. The molecule has 1 aromatic carbocycles. The number of hydrogen-bond acceptors (Lipinski definition) is 4. The van der Waals surface area contributed by atoms with Gasteiger partial charge in [0.2, 0.25) is 5.95 Å². The van der Waals surface area contributed by atoms with Gasteiger partial charge >= 0.3 is 0 Å². The van der Waals surface area contributed by atoms with Crippen LogP contribution < -0.4 is 10.6 Å². The summed E-state index contributed by atoms with van der Waals surface area (Å²) < 4.78 is 0. The molecular weight excluding hydrogens is 288 g/mol. The molecule has 5 nitrogen and oxygen atoms in total. The maximum atomic E-state index is 12.5. The zero-order valence-electron chi connectivity index (χ0n) is 13.8. The van der Waals surface area contributed by atoms with Crippen LogP contribution in [-0.2, 0) is 0 Å². The van der Waals surface area contributed by atoms with E-state index in [1.165, 1.54) is 0 Å². The van der Waals surface area contributed by atoms with Gasteiger partial charge in [-0.25, -0.2) is 9.97 Å². The molecule has 0 bridgehead atoms. The smallest absolute Gasteiger partial charge is 0.258 e. The number of carbonyl (C=O) groups is 1. The molecule has 1 amide bonds. The quantitative estimate of drug-likeness (QED) is 0.883. The van der Waals surface area contributed by atoms with E-state index in [0.29, 0.717) is 23.5 Å². The summed E-state index contributed by atoms with van der Waals surface area (Å²) in [5.74, 6) is 0.744. The summed E-state index contributed by atoms with van der Waals surface area (Å²) in [6, 6.07) is 6.56. The van der Waals surface area contributed by atoms with Crippen molar-refractivity contribution in [2.45, 2.75) is 45.6 Å². The summed E-state index contributed by atoms with van der Waals surface area (Å²) in [7, 11) is 0. The molecule has 3 rings (SSSR count). The van der Waals surface area contributed by atoms with Gasteiger partial charge < -0.3 is 10.6 Å². The Balaban J connectivity index is 1.76. The summed E-state index contributed by atoms with van der Waals surface area (Å²) in [5, 5.41) is 6.22. The zero-order valence-corrected chi connectivity index (χ0v) is 13.8. The highest BCUT2D eigenvalue weighted by atomic mass is 16.1. The molecule has 0 spiro atoms. The van der Waals surface area contributed by atoms with Crippen LogP contribution in [0, 0.1) is 6.92 Å². The average molecular weight is 310 g/mol. The SMILES string of the molecule is Cc1cccc(C(C)C)c1NC(=O)c1cnc(NC2CC2)nc1. The number of carbonyl (C=O) groups excluding carboxylic acids is 1. The van der Waals surface area contributed by atoms with E-state index >= 15 is 0 Å². The summed E-state index contributed by atoms with van der Waals surface area (Å²) in [6.07, 6.45) is 5.47. The summed E-state index contributed by atoms with van der Waals surface area (Å²) in [5.41, 5.74) is 3.53. The van der Waals surface area contributed by atoms with E-state index in [4.69, 9.17) is 0 Å². The predicted molar refractivity (Wildman–Crippen MR) is 91.9 cm³/mol. The van der Waals surface area contributed by atoms with E-state index in [-0.39, 0.29) is 5.91 Å². The van der Waals surface area contributed by atoms with Gasteiger partial charge in [-0.3, -0.25) is 4.79 Å². The van der Waals surface area contributed by atoms with E-state index in [0.717, 1.165) is 29.7 Å². The molecule has 23 heavy (non-hydrogen) atoms. The summed E-state index contributed by atoms with van der Waals surface area (Å²) in [6.45, 7) is 6.23. The van der Waals surface area contributed by atoms with Gasteiger partial charge in [0.1, 0.15) is 0 Å². The van der Waals surface area contributed by atoms with Crippen LogP contribution in [0.15, 0.2) is 30.6 Å². The van der Waals surface area contributed by atoms with Crippen LogP contribution in [0.5, 0.6) is 0 Å². The number of nitrogens with one attached hydrogen (secondary N) is 2. The minimum Gasteiger partial charge on any atom is -0.351 e. The molecule has 1 aliphatic rings. The van der Waals surface area contributed by atoms with Crippen molar-refractivity contribution in [3.63, 3.8) is 0 Å². The van der Waals surface area contributed by atoms with Crippen LogP contribution in [0.3, 0.4) is 0 Å². The van der Waals surface area contributed by atoms with E-state index in [1.54, 1.807) is 12.4 Å². The fourth-order valence-corrected chi connectivity index (χ4v) is 2.46. The van der Waals surface area contributed by atoms with E-state index in [9.17, 15) is 4.79 Å². The summed E-state index contributed by atoms with van der Waals surface area (Å²) in [4.78, 5) is 20.9. The fraction of sp³-hybridized carbons (Fsp3) is 0.389. The molecule has 0 radical (unpaired) electrons. The van der Waals surface area contributed by atoms with Gasteiger partial charge in [-0.15, -0.1) is 0 Å². The Hall–Kier alpha value is -2.43. The lowest BCUT2D eigenvalue weighted by atomic mass is 9.98. The highest BCUT2D eigenvalue weighted by Gasteiger charge is 2.22. The van der Waals surface area contributed by atoms with Gasteiger partial charge in [0.15, 0.2) is 0 Å². The molecule has 2 aromatic rings. The topological polar surface area (TPSA) is 66.9 Å². The molecule has 1 aromatic heterocycles. The van der Waals surface area contributed by atoms with Crippen molar-refractivity contribution in [2.24, 2.45) is 0 Å². The van der Waals surface area contributed by atoms with Gasteiger partial charge in [0.25, 0.3) is 5.91 Å². The number of benzene rings is 1. The Morgan fingerprint density at radius 2 is 1.91 bits per heavy atom. The number of aromatic nitrogens is 2. The molecule has 0 unspecified atom stereocenters. The molecule has 0 aliphatic heterocycles. The second-order valence-electron chi connectivity index (χ2n) is 6.36. The molecule has 1 saturated carbocycles. The lowest BCUT2D eigenvalue weighted by molar-refractivity contribution is 0.102. The van der Waals surface area contributed by atoms with E-state index < -0.39 is 0 Å². The van der Waals surface area contributed by atoms with Crippen molar-refractivity contribution in [3.8, 4) is 0 Å². The number of rotatable bonds is 5. The first-order valence-electron chi connectivity index (χ1n) is 8.04. The van der Waals surface area contributed by atoms with Crippen molar-refractivity contribution in [1.82, 2.24) is 9.97 Å². The van der Waals surface area contributed by atoms with Gasteiger partial charge in [0, 0.05) is 24.1 Å². The van der Waals surface area contributed by atoms with Gasteiger partial charge in [0.05, 0.1) is 5.56 Å². The third kappa shape index (κ3) is 3.67. The average Bonchev–Trinajstić information content (AvgIpc) is 3.33. The van der Waals surface area contributed by atoms with Gasteiger partial charge in [-0.1, -0.05) is 32.0 Å². The Bertz CT molecular complexity index is 705. The molecule has 2 N–H and O–H groups in total. The Kier molecular flexibility index (Phi) is 4.28. The minimum absolute atomic E-state index is 0.181.